The van der Waals surface area contributed by atoms with Crippen LogP contribution in [0.2, 0.25) is 0 Å². The molecule has 0 radical (unpaired) electrons. The largest absolute Gasteiger partial charge is 0.315 e. The van der Waals surface area contributed by atoms with Crippen molar-refractivity contribution in [1.82, 2.24) is 15.1 Å². The number of nitrogens with one attached hydrogen (secondary N) is 1. The fraction of sp³-hybridized carbons (Fsp3) is 0.786. The van der Waals surface area contributed by atoms with Crippen LogP contribution in [0.3, 0.4) is 0 Å². The maximum absolute atomic E-state index is 4.50. The molecule has 0 fully saturated rings. The van der Waals surface area contributed by atoms with E-state index >= 15 is 0 Å². The van der Waals surface area contributed by atoms with Crippen LogP contribution in [0.5, 0.6) is 0 Å². The second-order valence-corrected chi connectivity index (χ2v) is 5.11. The summed E-state index contributed by atoms with van der Waals surface area (Å²) >= 11 is 0. The molecule has 1 rings (SSSR count). The molecule has 0 aliphatic rings. The van der Waals surface area contributed by atoms with Crippen molar-refractivity contribution in [2.45, 2.75) is 53.0 Å². The van der Waals surface area contributed by atoms with E-state index in [1.165, 1.54) is 17.8 Å². The molecule has 0 spiro atoms. The smallest absolute Gasteiger partial charge is 0.0624 e. The lowest BCUT2D eigenvalue weighted by atomic mass is 9.97. The minimum atomic E-state index is 0.605. The second kappa shape index (κ2) is 6.80. The summed E-state index contributed by atoms with van der Waals surface area (Å²) in [5.74, 6) is 0.698. The Labute approximate surface area is 106 Å². The predicted octanol–water partition coefficient (Wildman–Crippen LogP) is 2.55. The molecule has 0 saturated heterocycles. The molecule has 3 nitrogen and oxygen atoms in total. The Morgan fingerprint density at radius 2 is 2.06 bits per heavy atom. The monoisotopic (exact) mass is 237 g/mol. The molecule has 1 heterocycles. The summed E-state index contributed by atoms with van der Waals surface area (Å²) in [4.78, 5) is 0. The molecule has 98 valence electrons. The molecule has 0 aromatic carbocycles. The average molecular weight is 237 g/mol. The van der Waals surface area contributed by atoms with Crippen molar-refractivity contribution in [3.8, 4) is 0 Å². The maximum Gasteiger partial charge on any atom is 0.0624 e. The molecule has 0 saturated carbocycles. The third-order valence-electron chi connectivity index (χ3n) is 3.26. The van der Waals surface area contributed by atoms with Gasteiger partial charge in [0.2, 0.25) is 0 Å². The lowest BCUT2D eigenvalue weighted by molar-refractivity contribution is 0.419. The SMILES string of the molecule is CCNC(C)CC(C)Cc1cc(CC)nn1C. The molecule has 0 bridgehead atoms. The molecule has 1 aromatic heterocycles. The van der Waals surface area contributed by atoms with Crippen LogP contribution >= 0.6 is 0 Å². The van der Waals surface area contributed by atoms with Gasteiger partial charge in [0.1, 0.15) is 0 Å². The summed E-state index contributed by atoms with van der Waals surface area (Å²) < 4.78 is 2.03. The van der Waals surface area contributed by atoms with E-state index in [0.29, 0.717) is 12.0 Å². The van der Waals surface area contributed by atoms with Crippen LogP contribution in [0.4, 0.5) is 0 Å². The Morgan fingerprint density at radius 3 is 2.59 bits per heavy atom. The van der Waals surface area contributed by atoms with Gasteiger partial charge in [-0.2, -0.15) is 5.10 Å². The minimum absolute atomic E-state index is 0.605. The quantitative estimate of drug-likeness (QED) is 0.790. The van der Waals surface area contributed by atoms with Crippen LogP contribution in [-0.4, -0.2) is 22.4 Å². The van der Waals surface area contributed by atoms with E-state index in [1.807, 2.05) is 4.68 Å². The van der Waals surface area contributed by atoms with Crippen LogP contribution in [0, 0.1) is 5.92 Å². The number of nitrogens with zero attached hydrogens (tertiary/aromatic N) is 2. The molecule has 2 atom stereocenters. The molecule has 0 aliphatic heterocycles. The van der Waals surface area contributed by atoms with Crippen LogP contribution < -0.4 is 5.32 Å². The van der Waals surface area contributed by atoms with Gasteiger partial charge in [-0.15, -0.1) is 0 Å². The van der Waals surface area contributed by atoms with E-state index in [2.05, 4.69) is 51.2 Å². The Bertz CT molecular complexity index is 330. The van der Waals surface area contributed by atoms with Gasteiger partial charge in [0, 0.05) is 18.8 Å². The van der Waals surface area contributed by atoms with E-state index in [1.54, 1.807) is 0 Å². The zero-order valence-corrected chi connectivity index (χ0v) is 12.0. The summed E-state index contributed by atoms with van der Waals surface area (Å²) in [6, 6.07) is 2.85. The van der Waals surface area contributed by atoms with E-state index in [0.717, 1.165) is 19.4 Å². The average Bonchev–Trinajstić information content (AvgIpc) is 2.59. The number of aryl methyl sites for hydroxylation is 2. The number of rotatable bonds is 7. The first-order valence-electron chi connectivity index (χ1n) is 6.81. The highest BCUT2D eigenvalue weighted by Gasteiger charge is 2.11. The minimum Gasteiger partial charge on any atom is -0.315 e. The van der Waals surface area contributed by atoms with Crippen molar-refractivity contribution in [2.75, 3.05) is 6.54 Å². The Kier molecular flexibility index (Phi) is 5.69. The van der Waals surface area contributed by atoms with Crippen LogP contribution in [-0.2, 0) is 19.9 Å². The lowest BCUT2D eigenvalue weighted by Gasteiger charge is -2.17. The zero-order valence-electron chi connectivity index (χ0n) is 12.0. The fourth-order valence-corrected chi connectivity index (χ4v) is 2.41. The van der Waals surface area contributed by atoms with E-state index < -0.39 is 0 Å². The third-order valence-corrected chi connectivity index (χ3v) is 3.26. The van der Waals surface area contributed by atoms with Gasteiger partial charge in [-0.1, -0.05) is 20.8 Å². The molecule has 0 amide bonds. The van der Waals surface area contributed by atoms with Gasteiger partial charge in [-0.3, -0.25) is 4.68 Å². The normalized spacial score (nSPS) is 14.9. The Morgan fingerprint density at radius 1 is 1.35 bits per heavy atom. The van der Waals surface area contributed by atoms with Crippen molar-refractivity contribution >= 4 is 0 Å². The van der Waals surface area contributed by atoms with Gasteiger partial charge < -0.3 is 5.32 Å². The molecule has 0 aliphatic carbocycles. The van der Waals surface area contributed by atoms with Crippen molar-refractivity contribution in [3.05, 3.63) is 17.5 Å². The first-order chi connectivity index (χ1) is 8.06. The molecule has 2 unspecified atom stereocenters. The maximum atomic E-state index is 4.50. The predicted molar refractivity (Wildman–Crippen MR) is 73.2 cm³/mol. The molecule has 17 heavy (non-hydrogen) atoms. The number of hydrogen-bond acceptors (Lipinski definition) is 2. The highest BCUT2D eigenvalue weighted by atomic mass is 15.3. The molecular weight excluding hydrogens is 210 g/mol. The highest BCUT2D eigenvalue weighted by Crippen LogP contribution is 2.14. The van der Waals surface area contributed by atoms with Gasteiger partial charge in [0.15, 0.2) is 0 Å². The van der Waals surface area contributed by atoms with Crippen molar-refractivity contribution in [1.29, 1.82) is 0 Å². The summed E-state index contributed by atoms with van der Waals surface area (Å²) in [6.45, 7) is 9.96. The van der Waals surface area contributed by atoms with Crippen molar-refractivity contribution in [3.63, 3.8) is 0 Å². The summed E-state index contributed by atoms with van der Waals surface area (Å²) in [5, 5.41) is 7.97. The van der Waals surface area contributed by atoms with Gasteiger partial charge >= 0.3 is 0 Å². The van der Waals surface area contributed by atoms with Gasteiger partial charge in [0.25, 0.3) is 0 Å². The van der Waals surface area contributed by atoms with Gasteiger partial charge in [-0.05, 0) is 44.7 Å². The van der Waals surface area contributed by atoms with Gasteiger partial charge in [-0.25, -0.2) is 0 Å². The zero-order chi connectivity index (χ0) is 12.8. The number of aromatic nitrogens is 2. The van der Waals surface area contributed by atoms with E-state index in [4.69, 9.17) is 0 Å². The summed E-state index contributed by atoms with van der Waals surface area (Å²) in [6.07, 6.45) is 3.37. The highest BCUT2D eigenvalue weighted by molar-refractivity contribution is 5.10. The summed E-state index contributed by atoms with van der Waals surface area (Å²) in [5.41, 5.74) is 2.56. The topological polar surface area (TPSA) is 29.9 Å². The fourth-order valence-electron chi connectivity index (χ4n) is 2.41. The van der Waals surface area contributed by atoms with E-state index in [9.17, 15) is 0 Å². The lowest BCUT2D eigenvalue weighted by Crippen LogP contribution is -2.28. The first kappa shape index (κ1) is 14.2. The third kappa shape index (κ3) is 4.50. The first-order valence-corrected chi connectivity index (χ1v) is 6.81. The standard InChI is InChI=1S/C14H27N3/c1-6-13-10-14(17(5)16-13)9-11(3)8-12(4)15-7-2/h10-12,15H,6-9H2,1-5H3. The van der Waals surface area contributed by atoms with E-state index in [-0.39, 0.29) is 0 Å². The summed E-state index contributed by atoms with van der Waals surface area (Å²) in [7, 11) is 2.05. The number of hydrogen-bond donors (Lipinski definition) is 1. The van der Waals surface area contributed by atoms with Gasteiger partial charge in [0.05, 0.1) is 5.69 Å². The van der Waals surface area contributed by atoms with Crippen LogP contribution in [0.15, 0.2) is 6.07 Å². The van der Waals surface area contributed by atoms with Crippen molar-refractivity contribution < 1.29 is 0 Å². The second-order valence-electron chi connectivity index (χ2n) is 5.11. The Balaban J connectivity index is 2.49. The Hall–Kier alpha value is -0.830. The van der Waals surface area contributed by atoms with Crippen molar-refractivity contribution in [2.24, 2.45) is 13.0 Å². The van der Waals surface area contributed by atoms with Crippen LogP contribution in [0.1, 0.15) is 45.5 Å². The molecular formula is C14H27N3. The van der Waals surface area contributed by atoms with Crippen LogP contribution in [0.25, 0.3) is 0 Å². The molecule has 1 aromatic rings. The molecule has 1 N–H and O–H groups in total. The molecule has 3 heteroatoms.